The van der Waals surface area contributed by atoms with Gasteiger partial charge in [-0.15, -0.1) is 10.2 Å². The van der Waals surface area contributed by atoms with Gasteiger partial charge in [-0.1, -0.05) is 36.5 Å². The molecule has 3 aromatic rings. The summed E-state index contributed by atoms with van der Waals surface area (Å²) in [4.78, 5) is 16.2. The fourth-order valence-electron chi connectivity index (χ4n) is 3.32. The van der Waals surface area contributed by atoms with Crippen LogP contribution in [0.2, 0.25) is 0 Å². The topological polar surface area (TPSA) is 70.7 Å². The maximum Gasteiger partial charge on any atom is 0.235 e. The van der Waals surface area contributed by atoms with Crippen molar-refractivity contribution in [3.8, 4) is 0 Å². The molecule has 5 nitrogen and oxygen atoms in total. The average Bonchev–Trinajstić information content (AvgIpc) is 3.18. The predicted octanol–water partition coefficient (Wildman–Crippen LogP) is 3.64. The maximum atomic E-state index is 12.7. The van der Waals surface area contributed by atoms with E-state index in [1.165, 1.54) is 22.3 Å². The van der Waals surface area contributed by atoms with Crippen LogP contribution in [0.5, 0.6) is 0 Å². The lowest BCUT2D eigenvalue weighted by molar-refractivity contribution is -0.117. The summed E-state index contributed by atoms with van der Waals surface area (Å²) in [5.74, 6) is -0.128. The van der Waals surface area contributed by atoms with E-state index in [-0.39, 0.29) is 11.8 Å². The molecular formula is C17H18N4OS. The molecule has 2 N–H and O–H groups in total. The van der Waals surface area contributed by atoms with Crippen molar-refractivity contribution in [2.24, 2.45) is 0 Å². The third kappa shape index (κ3) is 2.53. The van der Waals surface area contributed by atoms with E-state index in [1.807, 2.05) is 19.1 Å². The van der Waals surface area contributed by atoms with E-state index in [0.29, 0.717) is 5.13 Å². The number of H-pyrrole nitrogens is 1. The lowest BCUT2D eigenvalue weighted by atomic mass is 9.86. The molecule has 1 atom stereocenters. The molecule has 0 spiro atoms. The second-order valence-corrected chi connectivity index (χ2v) is 6.91. The van der Waals surface area contributed by atoms with Gasteiger partial charge in [0.1, 0.15) is 5.01 Å². The van der Waals surface area contributed by atoms with Crippen molar-refractivity contribution in [1.29, 1.82) is 0 Å². The molecule has 0 saturated carbocycles. The summed E-state index contributed by atoms with van der Waals surface area (Å²) in [6.07, 6.45) is 3.76. The number of rotatable bonds is 3. The van der Waals surface area contributed by atoms with E-state index in [0.717, 1.165) is 41.9 Å². The minimum atomic E-state index is -0.139. The molecule has 4 rings (SSSR count). The maximum absolute atomic E-state index is 12.7. The molecule has 2 heterocycles. The third-order valence-corrected chi connectivity index (χ3v) is 5.41. The van der Waals surface area contributed by atoms with Gasteiger partial charge >= 0.3 is 0 Å². The molecular weight excluding hydrogens is 308 g/mol. The van der Waals surface area contributed by atoms with E-state index >= 15 is 0 Å². The molecule has 0 saturated heterocycles. The molecule has 1 aliphatic rings. The molecule has 1 amide bonds. The van der Waals surface area contributed by atoms with Crippen LogP contribution in [0.1, 0.15) is 41.9 Å². The number of nitrogens with one attached hydrogen (secondary N) is 2. The Balaban J connectivity index is 1.64. The van der Waals surface area contributed by atoms with Gasteiger partial charge in [-0.05, 0) is 37.3 Å². The Labute approximate surface area is 138 Å². The zero-order valence-corrected chi connectivity index (χ0v) is 13.7. The second kappa shape index (κ2) is 5.77. The Morgan fingerprint density at radius 2 is 2.26 bits per heavy atom. The summed E-state index contributed by atoms with van der Waals surface area (Å²) in [6, 6.07) is 8.27. The minimum absolute atomic E-state index is 0.0105. The standard InChI is InChI=1S/C17H18N4OS/c1-2-14-20-21-17(23-14)19-16(22)12-8-5-7-11-10-6-3-4-9-13(10)18-15(11)12/h3-4,6,9,12,18H,2,5,7-8H2,1H3,(H,19,21,22). The van der Waals surface area contributed by atoms with Crippen molar-refractivity contribution in [1.82, 2.24) is 15.2 Å². The molecule has 1 aromatic carbocycles. The summed E-state index contributed by atoms with van der Waals surface area (Å²) in [6.45, 7) is 2.03. The smallest absolute Gasteiger partial charge is 0.235 e. The van der Waals surface area contributed by atoms with Crippen LogP contribution in [0, 0.1) is 0 Å². The van der Waals surface area contributed by atoms with Gasteiger partial charge in [0.25, 0.3) is 0 Å². The Bertz CT molecular complexity index is 866. The highest BCUT2D eigenvalue weighted by Gasteiger charge is 2.30. The van der Waals surface area contributed by atoms with Crippen LogP contribution in [0.25, 0.3) is 10.9 Å². The zero-order valence-electron chi connectivity index (χ0n) is 12.9. The molecule has 1 aliphatic carbocycles. The first-order chi connectivity index (χ1) is 11.3. The number of para-hydroxylation sites is 1. The largest absolute Gasteiger partial charge is 0.357 e. The minimum Gasteiger partial charge on any atom is -0.357 e. The number of anilines is 1. The number of amides is 1. The number of carbonyl (C=O) groups excluding carboxylic acids is 1. The van der Waals surface area contributed by atoms with Gasteiger partial charge in [0.2, 0.25) is 11.0 Å². The summed E-state index contributed by atoms with van der Waals surface area (Å²) >= 11 is 1.45. The summed E-state index contributed by atoms with van der Waals surface area (Å²) < 4.78 is 0. The zero-order chi connectivity index (χ0) is 15.8. The first-order valence-corrected chi connectivity index (χ1v) is 8.80. The highest BCUT2D eigenvalue weighted by molar-refractivity contribution is 7.15. The van der Waals surface area contributed by atoms with Crippen molar-refractivity contribution < 1.29 is 4.79 Å². The monoisotopic (exact) mass is 326 g/mol. The first kappa shape index (κ1) is 14.4. The number of fused-ring (bicyclic) bond motifs is 3. The van der Waals surface area contributed by atoms with Crippen LogP contribution in [0.15, 0.2) is 24.3 Å². The number of hydrogen-bond acceptors (Lipinski definition) is 4. The molecule has 118 valence electrons. The van der Waals surface area contributed by atoms with Crippen molar-refractivity contribution in [3.05, 3.63) is 40.5 Å². The molecule has 23 heavy (non-hydrogen) atoms. The SMILES string of the molecule is CCc1nnc(NC(=O)C2CCCc3c2[nH]c2ccccc32)s1. The van der Waals surface area contributed by atoms with Crippen molar-refractivity contribution in [2.45, 2.75) is 38.5 Å². The van der Waals surface area contributed by atoms with E-state index < -0.39 is 0 Å². The van der Waals surface area contributed by atoms with Crippen LogP contribution in [-0.2, 0) is 17.6 Å². The molecule has 0 radical (unpaired) electrons. The molecule has 6 heteroatoms. The van der Waals surface area contributed by atoms with Crippen LogP contribution in [-0.4, -0.2) is 21.1 Å². The number of nitrogens with zero attached hydrogens (tertiary/aromatic N) is 2. The van der Waals surface area contributed by atoms with E-state index in [2.05, 4.69) is 32.6 Å². The van der Waals surface area contributed by atoms with Gasteiger partial charge in [-0.2, -0.15) is 0 Å². The predicted molar refractivity (Wildman–Crippen MR) is 91.9 cm³/mol. The summed E-state index contributed by atoms with van der Waals surface area (Å²) in [5.41, 5.74) is 3.47. The van der Waals surface area contributed by atoms with Crippen molar-refractivity contribution in [2.75, 3.05) is 5.32 Å². The highest BCUT2D eigenvalue weighted by atomic mass is 32.1. The molecule has 0 fully saturated rings. The molecule has 1 unspecified atom stereocenters. The number of benzene rings is 1. The van der Waals surface area contributed by atoms with E-state index in [4.69, 9.17) is 0 Å². The van der Waals surface area contributed by atoms with Gasteiger partial charge in [-0.25, -0.2) is 0 Å². The molecule has 2 aromatic heterocycles. The Morgan fingerprint density at radius 3 is 3.09 bits per heavy atom. The second-order valence-electron chi connectivity index (χ2n) is 5.85. The quantitative estimate of drug-likeness (QED) is 0.772. The molecule has 0 bridgehead atoms. The van der Waals surface area contributed by atoms with E-state index in [9.17, 15) is 4.79 Å². The van der Waals surface area contributed by atoms with E-state index in [1.54, 1.807) is 0 Å². The van der Waals surface area contributed by atoms with Gasteiger partial charge in [0.15, 0.2) is 0 Å². The van der Waals surface area contributed by atoms with Crippen molar-refractivity contribution >= 4 is 33.3 Å². The number of aromatic amines is 1. The van der Waals surface area contributed by atoms with Gasteiger partial charge in [-0.3, -0.25) is 10.1 Å². The Morgan fingerprint density at radius 1 is 1.39 bits per heavy atom. The third-order valence-electron chi connectivity index (χ3n) is 4.43. The number of hydrogen-bond donors (Lipinski definition) is 2. The Kier molecular flexibility index (Phi) is 3.61. The molecule has 0 aliphatic heterocycles. The van der Waals surface area contributed by atoms with Crippen LogP contribution in [0.3, 0.4) is 0 Å². The van der Waals surface area contributed by atoms with Crippen LogP contribution in [0.4, 0.5) is 5.13 Å². The number of aromatic nitrogens is 3. The van der Waals surface area contributed by atoms with Crippen molar-refractivity contribution in [3.63, 3.8) is 0 Å². The first-order valence-electron chi connectivity index (χ1n) is 7.99. The van der Waals surface area contributed by atoms with Gasteiger partial charge in [0.05, 0.1) is 5.92 Å². The lowest BCUT2D eigenvalue weighted by Crippen LogP contribution is -2.24. The fourth-order valence-corrected chi connectivity index (χ4v) is 4.00. The Hall–Kier alpha value is -2.21. The lowest BCUT2D eigenvalue weighted by Gasteiger charge is -2.21. The van der Waals surface area contributed by atoms with Crippen LogP contribution < -0.4 is 5.32 Å². The average molecular weight is 326 g/mol. The van der Waals surface area contributed by atoms with Gasteiger partial charge in [0, 0.05) is 16.6 Å². The fraction of sp³-hybridized carbons (Fsp3) is 0.353. The highest BCUT2D eigenvalue weighted by Crippen LogP contribution is 2.36. The van der Waals surface area contributed by atoms with Gasteiger partial charge < -0.3 is 4.98 Å². The number of carbonyl (C=O) groups is 1. The summed E-state index contributed by atoms with van der Waals surface area (Å²) in [5, 5.41) is 13.8. The summed E-state index contributed by atoms with van der Waals surface area (Å²) in [7, 11) is 0. The normalized spacial score (nSPS) is 17.2. The van der Waals surface area contributed by atoms with Crippen LogP contribution >= 0.6 is 11.3 Å². The number of aryl methyl sites for hydroxylation is 2.